The van der Waals surface area contributed by atoms with Crippen LogP contribution in [-0.2, 0) is 32.2 Å². The Morgan fingerprint density at radius 1 is 0.379 bits per heavy atom. The number of ketones is 1. The molecule has 3 heteroatoms. The molecule has 7 aromatic carbocycles. The summed E-state index contributed by atoms with van der Waals surface area (Å²) in [7, 11) is 0. The number of ether oxygens (including phenoxy) is 2. The smallest absolute Gasteiger partial charge is 0.244 e. The van der Waals surface area contributed by atoms with Crippen molar-refractivity contribution in [3.8, 4) is 11.5 Å². The topological polar surface area (TPSA) is 35.5 Å². The number of hydrogen-bond donors (Lipinski definition) is 0. The molecule has 0 unspecified atom stereocenters. The van der Waals surface area contributed by atoms with E-state index < -0.39 is 16.6 Å². The molecule has 1 heterocycles. The van der Waals surface area contributed by atoms with Crippen LogP contribution in [0.1, 0.15) is 83.3 Å². The van der Waals surface area contributed by atoms with Gasteiger partial charge in [0.2, 0.25) is 17.0 Å². The van der Waals surface area contributed by atoms with E-state index in [2.05, 4.69) is 113 Å². The van der Waals surface area contributed by atoms with Crippen molar-refractivity contribution in [3.05, 3.63) is 238 Å². The van der Waals surface area contributed by atoms with E-state index in [4.69, 9.17) is 9.47 Å². The monoisotopic (exact) mass is 750 g/mol. The summed E-state index contributed by atoms with van der Waals surface area (Å²) < 4.78 is 15.7. The van der Waals surface area contributed by atoms with Crippen molar-refractivity contribution in [1.29, 1.82) is 0 Å². The Bertz CT molecular complexity index is 2920. The average molecular weight is 751 g/mol. The molecule has 0 N–H and O–H groups in total. The van der Waals surface area contributed by atoms with E-state index in [0.29, 0.717) is 17.1 Å². The van der Waals surface area contributed by atoms with Crippen LogP contribution < -0.4 is 9.47 Å². The Morgan fingerprint density at radius 2 is 0.724 bits per heavy atom. The van der Waals surface area contributed by atoms with Crippen molar-refractivity contribution in [2.24, 2.45) is 5.41 Å². The molecule has 0 radical (unpaired) electrons. The molecular formula is C55H42O3. The molecule has 0 amide bonds. The summed E-state index contributed by atoms with van der Waals surface area (Å²) in [5.41, 5.74) is 8.32. The first kappa shape index (κ1) is 33.7. The zero-order valence-corrected chi connectivity index (χ0v) is 33.0. The van der Waals surface area contributed by atoms with Crippen LogP contribution in [0.4, 0.5) is 0 Å². The molecule has 0 spiro atoms. The fourth-order valence-corrected chi connectivity index (χ4v) is 13.2. The Hall–Kier alpha value is -6.45. The van der Waals surface area contributed by atoms with E-state index in [1.54, 1.807) is 0 Å². The molecule has 4 aliphatic carbocycles. The zero-order valence-electron chi connectivity index (χ0n) is 33.0. The number of benzene rings is 7. The molecule has 3 nitrogen and oxygen atoms in total. The van der Waals surface area contributed by atoms with Crippen molar-refractivity contribution in [3.63, 3.8) is 0 Å². The summed E-state index contributed by atoms with van der Waals surface area (Å²) >= 11 is 0. The van der Waals surface area contributed by atoms with Crippen LogP contribution in [0.3, 0.4) is 0 Å². The second kappa shape index (κ2) is 10.9. The van der Waals surface area contributed by atoms with Crippen LogP contribution in [0.2, 0.25) is 0 Å². The molecule has 0 fully saturated rings. The van der Waals surface area contributed by atoms with Gasteiger partial charge in [0.25, 0.3) is 0 Å². The van der Waals surface area contributed by atoms with E-state index in [-0.39, 0.29) is 22.0 Å². The number of fused-ring (bicyclic) bond motifs is 11. The van der Waals surface area contributed by atoms with Gasteiger partial charge in [-0.1, -0.05) is 198 Å². The van der Waals surface area contributed by atoms with Gasteiger partial charge in [-0.15, -0.1) is 0 Å². The molecule has 280 valence electrons. The van der Waals surface area contributed by atoms with E-state index >= 15 is 4.79 Å². The lowest BCUT2D eigenvalue weighted by atomic mass is 9.52. The first-order chi connectivity index (χ1) is 28.2. The van der Waals surface area contributed by atoms with Gasteiger partial charge in [-0.25, -0.2) is 0 Å². The highest BCUT2D eigenvalue weighted by Gasteiger charge is 2.80. The molecule has 58 heavy (non-hydrogen) atoms. The number of carbonyl (C=O) groups excluding carboxylic acids is 1. The fraction of sp³-hybridized carbons (Fsp3) is 0.182. The van der Waals surface area contributed by atoms with Gasteiger partial charge >= 0.3 is 0 Å². The molecule has 7 aromatic rings. The van der Waals surface area contributed by atoms with Crippen molar-refractivity contribution >= 4 is 16.9 Å². The third-order valence-corrected chi connectivity index (χ3v) is 15.8. The summed E-state index contributed by atoms with van der Waals surface area (Å²) in [5.74, 6) is 1.09. The summed E-state index contributed by atoms with van der Waals surface area (Å²) in [5, 5.41) is 0. The average Bonchev–Trinajstić information content (AvgIpc) is 3.75. The molecule has 6 atom stereocenters. The molecule has 0 saturated heterocycles. The Kier molecular flexibility index (Phi) is 6.35. The SMILES string of the molecule is C[C@@]12c3ccccc3[C@@]3(C)c4cc5c(cc4[C@@](C)(c4ccccc41)[C@@]23C)O[C@@]1(c2ccccc2)C(=O)C(c2ccccc2)=C(c2ccccc2)[C@@]1(c1ccccc1)O5. The van der Waals surface area contributed by atoms with Gasteiger partial charge in [0.05, 0.1) is 0 Å². The van der Waals surface area contributed by atoms with Gasteiger partial charge in [0, 0.05) is 43.9 Å². The minimum atomic E-state index is -1.62. The zero-order chi connectivity index (χ0) is 39.3. The molecule has 1 aliphatic heterocycles. The number of carbonyl (C=O) groups is 1. The van der Waals surface area contributed by atoms with Crippen LogP contribution in [-0.4, -0.2) is 5.78 Å². The Morgan fingerprint density at radius 3 is 1.17 bits per heavy atom. The van der Waals surface area contributed by atoms with Crippen molar-refractivity contribution in [2.45, 2.75) is 55.1 Å². The molecule has 5 aliphatic rings. The maximum absolute atomic E-state index is 16.2. The van der Waals surface area contributed by atoms with E-state index in [0.717, 1.165) is 27.8 Å². The number of rotatable bonds is 4. The van der Waals surface area contributed by atoms with Crippen LogP contribution in [0.5, 0.6) is 11.5 Å². The minimum absolute atomic E-state index is 0.131. The normalized spacial score (nSPS) is 30.4. The molecule has 12 rings (SSSR count). The lowest BCUT2D eigenvalue weighted by Gasteiger charge is -2.50. The predicted octanol–water partition coefficient (Wildman–Crippen LogP) is 11.7. The second-order valence-corrected chi connectivity index (χ2v) is 17.5. The Labute approximate surface area is 339 Å². The third-order valence-electron chi connectivity index (χ3n) is 15.8. The highest BCUT2D eigenvalue weighted by Crippen LogP contribution is 2.83. The summed E-state index contributed by atoms with van der Waals surface area (Å²) in [6.07, 6.45) is 0. The summed E-state index contributed by atoms with van der Waals surface area (Å²) in [6.45, 7) is 9.91. The van der Waals surface area contributed by atoms with Gasteiger partial charge in [-0.2, -0.15) is 0 Å². The maximum Gasteiger partial charge on any atom is 0.244 e. The lowest BCUT2D eigenvalue weighted by molar-refractivity contribution is -0.152. The van der Waals surface area contributed by atoms with E-state index in [1.165, 1.54) is 33.4 Å². The minimum Gasteiger partial charge on any atom is -0.469 e. The van der Waals surface area contributed by atoms with Gasteiger partial charge in [-0.05, 0) is 56.6 Å². The third kappa shape index (κ3) is 3.39. The summed E-state index contributed by atoms with van der Waals surface area (Å²) in [4.78, 5) is 16.2. The highest BCUT2D eigenvalue weighted by molar-refractivity contribution is 6.37. The van der Waals surface area contributed by atoms with Crippen molar-refractivity contribution in [1.82, 2.24) is 0 Å². The number of Topliss-reactive ketones (excluding diaryl/α,β-unsaturated/α-hetero) is 1. The second-order valence-electron chi connectivity index (χ2n) is 17.5. The lowest BCUT2D eigenvalue weighted by Crippen LogP contribution is -2.60. The Balaban J connectivity index is 1.22. The van der Waals surface area contributed by atoms with Crippen LogP contribution in [0, 0.1) is 5.41 Å². The van der Waals surface area contributed by atoms with Gasteiger partial charge in [-0.3, -0.25) is 4.79 Å². The van der Waals surface area contributed by atoms with E-state index in [9.17, 15) is 0 Å². The van der Waals surface area contributed by atoms with Crippen LogP contribution in [0.15, 0.2) is 182 Å². The number of hydrogen-bond acceptors (Lipinski definition) is 3. The molecular weight excluding hydrogens is 709 g/mol. The van der Waals surface area contributed by atoms with Crippen LogP contribution >= 0.6 is 0 Å². The summed E-state index contributed by atoms with van der Waals surface area (Å²) in [6, 6.07) is 63.3. The predicted molar refractivity (Wildman–Crippen MR) is 229 cm³/mol. The maximum atomic E-state index is 16.2. The fourth-order valence-electron chi connectivity index (χ4n) is 13.2. The first-order valence-corrected chi connectivity index (χ1v) is 20.5. The van der Waals surface area contributed by atoms with Crippen molar-refractivity contribution < 1.29 is 14.3 Å². The standard InChI is InChI=1S/C55H42O3/c1-50-39-29-17-19-31-41(39)51(2)43-33-45-46(34-44(43)52(3,53(50,51)4)42-32-20-18-30-40(42)50)58-55(38-27-15-8-16-28-38)49(56)47(35-21-9-5-10-22-35)48(36-23-11-6-12-24-36)54(55,57-45)37-25-13-7-14-26-37/h5-34H,1-4H3/t50-,51+,52-,53+,54-,55+/m1/s1. The van der Waals surface area contributed by atoms with Gasteiger partial charge in [0.1, 0.15) is 0 Å². The van der Waals surface area contributed by atoms with Crippen LogP contribution in [0.25, 0.3) is 11.1 Å². The first-order valence-electron chi connectivity index (χ1n) is 20.5. The molecule has 0 bridgehead atoms. The largest absolute Gasteiger partial charge is 0.469 e. The highest BCUT2D eigenvalue weighted by atomic mass is 16.6. The van der Waals surface area contributed by atoms with Crippen molar-refractivity contribution in [2.75, 3.05) is 0 Å². The quantitative estimate of drug-likeness (QED) is 0.180. The van der Waals surface area contributed by atoms with Gasteiger partial charge < -0.3 is 9.47 Å². The molecule has 0 aromatic heterocycles. The molecule has 0 saturated carbocycles. The van der Waals surface area contributed by atoms with E-state index in [1.807, 2.05) is 97.1 Å². The van der Waals surface area contributed by atoms with Gasteiger partial charge in [0.15, 0.2) is 11.5 Å².